The molecule has 0 radical (unpaired) electrons. The number of esters is 1. The molecule has 0 saturated heterocycles. The molecule has 1 atom stereocenters. The van der Waals surface area contributed by atoms with E-state index in [1.54, 1.807) is 23.1 Å². The summed E-state index contributed by atoms with van der Waals surface area (Å²) in [5.74, 6) is 0.416. The first-order valence-electron chi connectivity index (χ1n) is 6.54. The Morgan fingerprint density at radius 3 is 3.00 bits per heavy atom. The van der Waals surface area contributed by atoms with Crippen molar-refractivity contribution >= 4 is 39.3 Å². The molecule has 2 rings (SSSR count). The minimum Gasteiger partial charge on any atom is -0.468 e. The Labute approximate surface area is 126 Å². The third-order valence-electron chi connectivity index (χ3n) is 2.77. The maximum atomic E-state index is 11.7. The molecule has 1 aromatic carbocycles. The lowest BCUT2D eigenvalue weighted by Gasteiger charge is -2.14. The number of carbonyl (C=O) groups excluding carboxylic acids is 1. The van der Waals surface area contributed by atoms with E-state index in [2.05, 4.69) is 23.3 Å². The molecule has 0 fully saturated rings. The minimum absolute atomic E-state index is 0.216. The summed E-state index contributed by atoms with van der Waals surface area (Å²) in [5, 5.41) is 3.21. The number of hydrogen-bond acceptors (Lipinski definition) is 6. The van der Waals surface area contributed by atoms with Crippen LogP contribution in [0.2, 0.25) is 0 Å². The zero-order valence-electron chi connectivity index (χ0n) is 11.6. The summed E-state index contributed by atoms with van der Waals surface area (Å²) in [6.07, 6.45) is 0.985. The molecule has 108 valence electrons. The van der Waals surface area contributed by atoms with E-state index in [0.717, 1.165) is 22.8 Å². The van der Waals surface area contributed by atoms with Gasteiger partial charge in [-0.05, 0) is 25.1 Å². The first kappa shape index (κ1) is 15.3. The largest absolute Gasteiger partial charge is 0.468 e. The lowest BCUT2D eigenvalue weighted by atomic mass is 10.3. The number of hydrogen-bond donors (Lipinski definition) is 1. The number of methoxy groups -OCH3 is 1. The molecule has 1 aromatic heterocycles. The van der Waals surface area contributed by atoms with E-state index in [9.17, 15) is 4.79 Å². The third-order valence-corrected chi connectivity index (χ3v) is 5.05. The smallest absolute Gasteiger partial charge is 0.323 e. The van der Waals surface area contributed by atoms with Crippen LogP contribution in [-0.4, -0.2) is 36.4 Å². The van der Waals surface area contributed by atoms with Crippen LogP contribution in [0.1, 0.15) is 13.3 Å². The molecule has 6 heteroatoms. The summed E-state index contributed by atoms with van der Waals surface area (Å²) < 4.78 is 6.98. The minimum atomic E-state index is -0.281. The second kappa shape index (κ2) is 7.61. The van der Waals surface area contributed by atoms with Crippen molar-refractivity contribution in [3.63, 3.8) is 0 Å². The van der Waals surface area contributed by atoms with Crippen LogP contribution in [0.15, 0.2) is 28.6 Å². The number of nitrogens with one attached hydrogen (secondary N) is 1. The average Bonchev–Trinajstić information content (AvgIpc) is 2.89. The maximum Gasteiger partial charge on any atom is 0.323 e. The summed E-state index contributed by atoms with van der Waals surface area (Å²) in [5.41, 5.74) is 1.01. The van der Waals surface area contributed by atoms with Gasteiger partial charge in [-0.1, -0.05) is 30.8 Å². The van der Waals surface area contributed by atoms with Gasteiger partial charge in [0.2, 0.25) is 0 Å². The highest BCUT2D eigenvalue weighted by Gasteiger charge is 2.19. The van der Waals surface area contributed by atoms with Crippen LogP contribution in [0.25, 0.3) is 10.2 Å². The number of ether oxygens (including phenoxy) is 1. The molecule has 0 spiro atoms. The van der Waals surface area contributed by atoms with E-state index in [0.29, 0.717) is 5.75 Å². The number of para-hydroxylation sites is 1. The Morgan fingerprint density at radius 2 is 2.30 bits per heavy atom. The maximum absolute atomic E-state index is 11.7. The van der Waals surface area contributed by atoms with Crippen LogP contribution in [0, 0.1) is 0 Å². The Kier molecular flexibility index (Phi) is 5.82. The van der Waals surface area contributed by atoms with Crippen LogP contribution in [-0.2, 0) is 9.53 Å². The molecule has 0 saturated carbocycles. The summed E-state index contributed by atoms with van der Waals surface area (Å²) in [4.78, 5) is 16.2. The van der Waals surface area contributed by atoms with Crippen LogP contribution >= 0.6 is 23.1 Å². The summed E-state index contributed by atoms with van der Waals surface area (Å²) in [7, 11) is 1.42. The average molecular weight is 310 g/mol. The predicted octanol–water partition coefficient (Wildman–Crippen LogP) is 2.93. The van der Waals surface area contributed by atoms with Crippen LogP contribution in [0.3, 0.4) is 0 Å². The number of carbonyl (C=O) groups is 1. The fraction of sp³-hybridized carbons (Fsp3) is 0.429. The molecule has 0 amide bonds. The highest BCUT2D eigenvalue weighted by Crippen LogP contribution is 2.29. The zero-order valence-corrected chi connectivity index (χ0v) is 13.2. The second-order valence-corrected chi connectivity index (χ2v) is 6.59. The van der Waals surface area contributed by atoms with Gasteiger partial charge in [0, 0.05) is 5.75 Å². The standard InChI is InChI=1S/C14H18N2O2S2/c1-3-8-15-11(13(17)18-2)9-19-14-16-10-6-4-5-7-12(10)20-14/h4-7,11,15H,3,8-9H2,1-2H3. The first-order valence-corrected chi connectivity index (χ1v) is 8.34. The van der Waals surface area contributed by atoms with E-state index in [1.165, 1.54) is 11.8 Å². The van der Waals surface area contributed by atoms with Gasteiger partial charge in [0.05, 0.1) is 17.3 Å². The molecule has 0 aliphatic rings. The van der Waals surface area contributed by atoms with Gasteiger partial charge >= 0.3 is 5.97 Å². The lowest BCUT2D eigenvalue weighted by Crippen LogP contribution is -2.40. The van der Waals surface area contributed by atoms with Crippen molar-refractivity contribution in [3.8, 4) is 0 Å². The molecular formula is C14H18N2O2S2. The van der Waals surface area contributed by atoms with Gasteiger partial charge in [-0.15, -0.1) is 11.3 Å². The summed E-state index contributed by atoms with van der Waals surface area (Å²) >= 11 is 3.25. The molecule has 20 heavy (non-hydrogen) atoms. The summed E-state index contributed by atoms with van der Waals surface area (Å²) in [6.45, 7) is 2.88. The number of thioether (sulfide) groups is 1. The Hall–Kier alpha value is -1.11. The Morgan fingerprint density at radius 1 is 1.50 bits per heavy atom. The van der Waals surface area contributed by atoms with E-state index >= 15 is 0 Å². The van der Waals surface area contributed by atoms with E-state index in [1.807, 2.05) is 18.2 Å². The van der Waals surface area contributed by atoms with E-state index < -0.39 is 0 Å². The normalized spacial score (nSPS) is 12.5. The molecule has 1 heterocycles. The predicted molar refractivity (Wildman–Crippen MR) is 84.4 cm³/mol. The van der Waals surface area contributed by atoms with Crippen molar-refractivity contribution in [2.75, 3.05) is 19.4 Å². The first-order chi connectivity index (χ1) is 9.74. The highest BCUT2D eigenvalue weighted by molar-refractivity contribution is 8.01. The third kappa shape index (κ3) is 3.94. The van der Waals surface area contributed by atoms with Crippen molar-refractivity contribution in [1.82, 2.24) is 10.3 Å². The highest BCUT2D eigenvalue weighted by atomic mass is 32.2. The second-order valence-electron chi connectivity index (χ2n) is 4.29. The van der Waals surface area contributed by atoms with Gasteiger partial charge in [-0.25, -0.2) is 4.98 Å². The Balaban J connectivity index is 1.98. The van der Waals surface area contributed by atoms with E-state index in [4.69, 9.17) is 4.74 Å². The fourth-order valence-electron chi connectivity index (χ4n) is 1.74. The molecule has 1 N–H and O–H groups in total. The van der Waals surface area contributed by atoms with Crippen molar-refractivity contribution in [3.05, 3.63) is 24.3 Å². The zero-order chi connectivity index (χ0) is 14.4. The van der Waals surface area contributed by atoms with Crippen molar-refractivity contribution in [2.24, 2.45) is 0 Å². The van der Waals surface area contributed by atoms with Crippen LogP contribution < -0.4 is 5.32 Å². The molecule has 4 nitrogen and oxygen atoms in total. The summed E-state index contributed by atoms with van der Waals surface area (Å²) in [6, 6.07) is 7.77. The van der Waals surface area contributed by atoms with Crippen molar-refractivity contribution in [2.45, 2.75) is 23.7 Å². The van der Waals surface area contributed by atoms with Gasteiger partial charge in [0.25, 0.3) is 0 Å². The topological polar surface area (TPSA) is 51.2 Å². The van der Waals surface area contributed by atoms with Gasteiger partial charge in [0.15, 0.2) is 4.34 Å². The number of aromatic nitrogens is 1. The number of nitrogens with zero attached hydrogens (tertiary/aromatic N) is 1. The Bertz CT molecular complexity index is 538. The van der Waals surface area contributed by atoms with Crippen molar-refractivity contribution in [1.29, 1.82) is 0 Å². The number of fused-ring (bicyclic) bond motifs is 1. The quantitative estimate of drug-likeness (QED) is 0.629. The number of benzene rings is 1. The van der Waals surface area contributed by atoms with Crippen LogP contribution in [0.4, 0.5) is 0 Å². The van der Waals surface area contributed by atoms with Gasteiger partial charge in [-0.2, -0.15) is 0 Å². The molecule has 2 aromatic rings. The molecule has 0 aliphatic heterocycles. The number of rotatable bonds is 7. The van der Waals surface area contributed by atoms with Gasteiger partial charge in [-0.3, -0.25) is 4.79 Å². The fourth-order valence-corrected chi connectivity index (χ4v) is 3.87. The van der Waals surface area contributed by atoms with Gasteiger partial charge in [0.1, 0.15) is 6.04 Å². The monoisotopic (exact) mass is 310 g/mol. The lowest BCUT2D eigenvalue weighted by molar-refractivity contribution is -0.142. The van der Waals surface area contributed by atoms with E-state index in [-0.39, 0.29) is 12.0 Å². The molecule has 0 bridgehead atoms. The SMILES string of the molecule is CCCNC(CSc1nc2ccccc2s1)C(=O)OC. The molecule has 1 unspecified atom stereocenters. The molecular weight excluding hydrogens is 292 g/mol. The molecule has 0 aliphatic carbocycles. The van der Waals surface area contributed by atoms with Crippen LogP contribution in [0.5, 0.6) is 0 Å². The van der Waals surface area contributed by atoms with Crippen molar-refractivity contribution < 1.29 is 9.53 Å². The van der Waals surface area contributed by atoms with Gasteiger partial charge < -0.3 is 10.1 Å². The number of thiazole rings is 1.